The molecular formula is C12H24N2O5S. The molecule has 0 aromatic carbocycles. The number of aliphatic hydroxyl groups excluding tert-OH is 1. The molecule has 1 rings (SSSR count). The Morgan fingerprint density at radius 2 is 1.95 bits per heavy atom. The number of ether oxygens (including phenoxy) is 1. The molecule has 0 unspecified atom stereocenters. The molecule has 0 bridgehead atoms. The third-order valence-electron chi connectivity index (χ3n) is 3.19. The summed E-state index contributed by atoms with van der Waals surface area (Å²) < 4.78 is 29.4. The van der Waals surface area contributed by atoms with Gasteiger partial charge in [-0.2, -0.15) is 4.31 Å². The molecule has 20 heavy (non-hydrogen) atoms. The lowest BCUT2D eigenvalue weighted by atomic mass is 10.0. The van der Waals surface area contributed by atoms with Gasteiger partial charge in [-0.15, -0.1) is 0 Å². The number of carbonyl (C=O) groups is 1. The van der Waals surface area contributed by atoms with E-state index in [2.05, 4.69) is 0 Å². The van der Waals surface area contributed by atoms with Gasteiger partial charge in [0.15, 0.2) is 0 Å². The Morgan fingerprint density at radius 3 is 2.35 bits per heavy atom. The van der Waals surface area contributed by atoms with E-state index in [1.54, 1.807) is 20.8 Å². The van der Waals surface area contributed by atoms with E-state index in [1.165, 1.54) is 11.9 Å². The van der Waals surface area contributed by atoms with Crippen molar-refractivity contribution >= 4 is 16.1 Å². The summed E-state index contributed by atoms with van der Waals surface area (Å²) in [5.74, 6) is 0. The number of likely N-dealkylation sites (N-methyl/N-ethyl adjacent to an activating group) is 1. The number of hydrogen-bond donors (Lipinski definition) is 1. The largest absolute Gasteiger partial charge is 0.444 e. The maximum Gasteiger partial charge on any atom is 0.410 e. The van der Waals surface area contributed by atoms with E-state index in [1.807, 2.05) is 0 Å². The number of β-amino-alcohol motifs (C(OH)–C–C–N with tert-alkyl or cyclic N) is 1. The van der Waals surface area contributed by atoms with Gasteiger partial charge in [0.2, 0.25) is 10.0 Å². The van der Waals surface area contributed by atoms with Crippen molar-refractivity contribution in [1.29, 1.82) is 0 Å². The molecule has 8 heteroatoms. The fourth-order valence-electron chi connectivity index (χ4n) is 2.08. The van der Waals surface area contributed by atoms with Crippen molar-refractivity contribution in [2.75, 3.05) is 26.4 Å². The van der Waals surface area contributed by atoms with Gasteiger partial charge in [0.1, 0.15) is 5.60 Å². The number of likely N-dealkylation sites (tertiary alicyclic amines) is 1. The highest BCUT2D eigenvalue weighted by molar-refractivity contribution is 7.88. The number of hydrogen-bond acceptors (Lipinski definition) is 5. The Bertz CT molecular complexity index is 457. The lowest BCUT2D eigenvalue weighted by Crippen LogP contribution is -2.56. The van der Waals surface area contributed by atoms with Crippen molar-refractivity contribution < 1.29 is 23.1 Å². The summed E-state index contributed by atoms with van der Waals surface area (Å²) in [5, 5.41) is 10.1. The van der Waals surface area contributed by atoms with Gasteiger partial charge in [0.05, 0.1) is 24.9 Å². The van der Waals surface area contributed by atoms with Crippen LogP contribution in [0, 0.1) is 0 Å². The van der Waals surface area contributed by atoms with Crippen molar-refractivity contribution in [2.45, 2.75) is 44.9 Å². The molecule has 1 fully saturated rings. The average Bonchev–Trinajstić information content (AvgIpc) is 2.24. The third kappa shape index (κ3) is 4.60. The Morgan fingerprint density at radius 1 is 1.40 bits per heavy atom. The van der Waals surface area contributed by atoms with Crippen LogP contribution in [0.15, 0.2) is 0 Å². The Balaban J connectivity index is 2.66. The smallest absolute Gasteiger partial charge is 0.410 e. The average molecular weight is 308 g/mol. The quantitative estimate of drug-likeness (QED) is 0.790. The predicted molar refractivity (Wildman–Crippen MR) is 74.8 cm³/mol. The van der Waals surface area contributed by atoms with Crippen LogP contribution in [0.5, 0.6) is 0 Å². The van der Waals surface area contributed by atoms with Gasteiger partial charge in [-0.05, 0) is 27.2 Å². The van der Waals surface area contributed by atoms with Crippen LogP contribution in [0.3, 0.4) is 0 Å². The molecule has 0 aromatic rings. The van der Waals surface area contributed by atoms with Crippen LogP contribution >= 0.6 is 0 Å². The van der Waals surface area contributed by atoms with Crippen molar-refractivity contribution in [3.8, 4) is 0 Å². The van der Waals surface area contributed by atoms with Crippen molar-refractivity contribution in [3.63, 3.8) is 0 Å². The highest BCUT2D eigenvalue weighted by atomic mass is 32.2. The molecule has 1 aliphatic heterocycles. The van der Waals surface area contributed by atoms with Crippen LogP contribution in [0.2, 0.25) is 0 Å². The Hall–Kier alpha value is -0.860. The lowest BCUT2D eigenvalue weighted by Gasteiger charge is -2.39. The second kappa shape index (κ2) is 5.87. The van der Waals surface area contributed by atoms with Gasteiger partial charge in [-0.1, -0.05) is 0 Å². The molecule has 2 atom stereocenters. The lowest BCUT2D eigenvalue weighted by molar-refractivity contribution is -0.0125. The minimum Gasteiger partial charge on any atom is -0.444 e. The van der Waals surface area contributed by atoms with E-state index in [0.717, 1.165) is 10.6 Å². The SMILES string of the molecule is CN([C@@H]1CCN(C(=O)OC(C)(C)C)C[C@H]1O)S(C)(=O)=O. The first-order chi connectivity index (χ1) is 8.92. The summed E-state index contributed by atoms with van der Waals surface area (Å²) in [4.78, 5) is 13.3. The van der Waals surface area contributed by atoms with Crippen LogP contribution in [0.4, 0.5) is 4.79 Å². The number of amides is 1. The van der Waals surface area contributed by atoms with Gasteiger partial charge < -0.3 is 14.7 Å². The molecule has 0 aliphatic carbocycles. The number of aliphatic hydroxyl groups is 1. The van der Waals surface area contributed by atoms with Gasteiger partial charge in [0.25, 0.3) is 0 Å². The maximum atomic E-state index is 11.9. The molecule has 1 aliphatic rings. The number of piperidine rings is 1. The summed E-state index contributed by atoms with van der Waals surface area (Å²) >= 11 is 0. The number of rotatable bonds is 2. The number of carbonyl (C=O) groups excluding carboxylic acids is 1. The molecule has 0 saturated carbocycles. The zero-order valence-corrected chi connectivity index (χ0v) is 13.5. The Kier molecular flexibility index (Phi) is 5.04. The van der Waals surface area contributed by atoms with E-state index < -0.39 is 33.9 Å². The van der Waals surface area contributed by atoms with Gasteiger partial charge in [-0.3, -0.25) is 0 Å². The molecule has 0 radical (unpaired) electrons. The first kappa shape index (κ1) is 17.2. The van der Waals surface area contributed by atoms with Crippen LogP contribution in [0.25, 0.3) is 0 Å². The normalized spacial score (nSPS) is 24.9. The Labute approximate surface area is 120 Å². The first-order valence-corrected chi connectivity index (χ1v) is 8.35. The molecule has 7 nitrogen and oxygen atoms in total. The van der Waals surface area contributed by atoms with Crippen LogP contribution in [-0.2, 0) is 14.8 Å². The van der Waals surface area contributed by atoms with Crippen molar-refractivity contribution in [2.24, 2.45) is 0 Å². The van der Waals surface area contributed by atoms with E-state index in [4.69, 9.17) is 4.74 Å². The fraction of sp³-hybridized carbons (Fsp3) is 0.917. The van der Waals surface area contributed by atoms with Gasteiger partial charge in [-0.25, -0.2) is 13.2 Å². The van der Waals surface area contributed by atoms with E-state index in [-0.39, 0.29) is 6.54 Å². The van der Waals surface area contributed by atoms with E-state index >= 15 is 0 Å². The number of sulfonamides is 1. The van der Waals surface area contributed by atoms with Crippen LogP contribution in [0.1, 0.15) is 27.2 Å². The second-order valence-corrected chi connectivity index (χ2v) is 8.17. The maximum absolute atomic E-state index is 11.9. The van der Waals surface area contributed by atoms with Crippen molar-refractivity contribution in [3.05, 3.63) is 0 Å². The molecule has 1 amide bonds. The molecule has 0 aromatic heterocycles. The summed E-state index contributed by atoms with van der Waals surface area (Å²) in [6, 6.07) is -0.510. The zero-order valence-electron chi connectivity index (χ0n) is 12.7. The van der Waals surface area contributed by atoms with Crippen LogP contribution < -0.4 is 0 Å². The molecular weight excluding hydrogens is 284 g/mol. The van der Waals surface area contributed by atoms with Gasteiger partial charge >= 0.3 is 6.09 Å². The highest BCUT2D eigenvalue weighted by Gasteiger charge is 2.36. The topological polar surface area (TPSA) is 87.2 Å². The van der Waals surface area contributed by atoms with E-state index in [0.29, 0.717) is 13.0 Å². The minimum atomic E-state index is -3.36. The highest BCUT2D eigenvalue weighted by Crippen LogP contribution is 2.20. The minimum absolute atomic E-state index is 0.0689. The zero-order chi connectivity index (χ0) is 15.7. The molecule has 1 saturated heterocycles. The summed E-state index contributed by atoms with van der Waals surface area (Å²) in [5.41, 5.74) is -0.595. The standard InChI is InChI=1S/C12H24N2O5S/c1-12(2,3)19-11(16)14-7-6-9(10(15)8-14)13(4)20(5,17)18/h9-10,15H,6-8H2,1-5H3/t9-,10-/m1/s1. The summed E-state index contributed by atoms with van der Waals surface area (Å²) in [6.07, 6.45) is 0.0669. The summed E-state index contributed by atoms with van der Waals surface area (Å²) in [7, 11) is -1.93. The third-order valence-corrected chi connectivity index (χ3v) is 4.51. The van der Waals surface area contributed by atoms with Gasteiger partial charge in [0, 0.05) is 13.6 Å². The second-order valence-electron chi connectivity index (χ2n) is 6.13. The molecule has 0 spiro atoms. The monoisotopic (exact) mass is 308 g/mol. The predicted octanol–water partition coefficient (Wildman–Crippen LogP) is 0.248. The molecule has 1 heterocycles. The molecule has 1 N–H and O–H groups in total. The number of nitrogens with zero attached hydrogens (tertiary/aromatic N) is 2. The first-order valence-electron chi connectivity index (χ1n) is 6.51. The molecule has 118 valence electrons. The van der Waals surface area contributed by atoms with E-state index in [9.17, 15) is 18.3 Å². The van der Waals surface area contributed by atoms with Crippen LogP contribution in [-0.4, -0.2) is 73.0 Å². The van der Waals surface area contributed by atoms with Crippen molar-refractivity contribution in [1.82, 2.24) is 9.21 Å². The fourth-order valence-corrected chi connectivity index (χ4v) is 2.82. The summed E-state index contributed by atoms with van der Waals surface area (Å²) in [6.45, 7) is 5.73.